The van der Waals surface area contributed by atoms with Gasteiger partial charge in [0.1, 0.15) is 0 Å². The molecule has 1 fully saturated rings. The molecule has 250 valence electrons. The molecule has 48 heavy (non-hydrogen) atoms. The van der Waals surface area contributed by atoms with Crippen LogP contribution in [0.15, 0.2) is 91.1 Å². The fourth-order valence-corrected chi connectivity index (χ4v) is 6.73. The van der Waals surface area contributed by atoms with E-state index in [1.807, 2.05) is 79.9 Å². The van der Waals surface area contributed by atoms with Crippen molar-refractivity contribution in [1.82, 2.24) is 20.3 Å². The zero-order valence-corrected chi connectivity index (χ0v) is 27.7. The molecule has 1 saturated heterocycles. The number of halogens is 1. The number of nitrogens with zero attached hydrogens (tertiary/aromatic N) is 4. The van der Waals surface area contributed by atoms with Crippen LogP contribution in [-0.4, -0.2) is 56.7 Å². The number of carbonyl (C=O) groups is 2. The molecule has 4 atom stereocenters. The molecule has 0 aliphatic carbocycles. The molecular weight excluding hydrogens is 628 g/mol. The number of nitrogens with one attached hydrogen (secondary N) is 2. The highest BCUT2D eigenvalue weighted by atomic mass is 35.5. The van der Waals surface area contributed by atoms with Gasteiger partial charge in [-0.2, -0.15) is 0 Å². The molecular formula is C37H41ClN6O4. The summed E-state index contributed by atoms with van der Waals surface area (Å²) < 4.78 is 1.73. The first-order valence-electron chi connectivity index (χ1n) is 16.4. The standard InChI is InChI=1S/C37H41ClN6O4/c1-25(8-5-6-19-43-23-33(41-42-43)31(24-45)27-9-3-2-4-10-27)37(48)32-20-29(38)14-17-34(32)44(36(37)47)22-26-12-15-30(16-13-26)40-35(46)28-11-7-18-39-21-28/h2-5,8-10,12-17,20,23,25,28,31,39,45,48H,6-7,11,18-19,21-22,24H2,1H3,(H,40,46)/b8-5+/t25-,28?,31?,37+/m1/s1. The normalized spacial score (nSPS) is 20.5. The van der Waals surface area contributed by atoms with Crippen LogP contribution in [0.25, 0.3) is 0 Å². The molecule has 10 nitrogen and oxygen atoms in total. The van der Waals surface area contributed by atoms with Crippen molar-refractivity contribution in [3.8, 4) is 0 Å². The number of piperidine rings is 1. The Bertz CT molecular complexity index is 1760. The highest BCUT2D eigenvalue weighted by molar-refractivity contribution is 6.31. The van der Waals surface area contributed by atoms with Gasteiger partial charge in [-0.3, -0.25) is 14.3 Å². The lowest BCUT2D eigenvalue weighted by atomic mass is 9.83. The number of amides is 2. The second-order valence-corrected chi connectivity index (χ2v) is 13.0. The summed E-state index contributed by atoms with van der Waals surface area (Å²) in [5.41, 5.74) is 2.51. The fourth-order valence-electron chi connectivity index (χ4n) is 6.56. The van der Waals surface area contributed by atoms with E-state index in [1.54, 1.807) is 27.8 Å². The molecule has 4 aromatic rings. The van der Waals surface area contributed by atoms with E-state index in [4.69, 9.17) is 11.6 Å². The molecule has 0 bridgehead atoms. The van der Waals surface area contributed by atoms with Crippen molar-refractivity contribution in [3.63, 3.8) is 0 Å². The maximum absolute atomic E-state index is 14.0. The monoisotopic (exact) mass is 668 g/mol. The van der Waals surface area contributed by atoms with Gasteiger partial charge in [0.2, 0.25) is 5.91 Å². The molecule has 2 aliphatic rings. The Labute approximate surface area is 285 Å². The Morgan fingerprint density at radius 3 is 2.69 bits per heavy atom. The minimum absolute atomic E-state index is 0.00650. The largest absolute Gasteiger partial charge is 0.395 e. The number of hydrogen-bond donors (Lipinski definition) is 4. The summed E-state index contributed by atoms with van der Waals surface area (Å²) in [6, 6.07) is 22.3. The van der Waals surface area contributed by atoms with Crippen LogP contribution >= 0.6 is 11.6 Å². The first-order chi connectivity index (χ1) is 23.3. The molecule has 1 aromatic heterocycles. The van der Waals surface area contributed by atoms with Gasteiger partial charge in [0.25, 0.3) is 5.91 Å². The average molecular weight is 669 g/mol. The number of benzene rings is 3. The SMILES string of the molecule is C[C@H](/C=C/CCn1cc(C(CO)c2ccccc2)nn1)[C@@]1(O)C(=O)N(Cc2ccc(NC(=O)C3CCCNC3)cc2)c2ccc(Cl)cc21. The van der Waals surface area contributed by atoms with E-state index in [1.165, 1.54) is 0 Å². The lowest BCUT2D eigenvalue weighted by Crippen LogP contribution is -2.44. The van der Waals surface area contributed by atoms with Gasteiger partial charge in [-0.05, 0) is 67.3 Å². The molecule has 6 rings (SSSR count). The lowest BCUT2D eigenvalue weighted by Gasteiger charge is -2.27. The predicted octanol–water partition coefficient (Wildman–Crippen LogP) is 5.01. The third-order valence-corrected chi connectivity index (χ3v) is 9.60. The third-order valence-electron chi connectivity index (χ3n) is 9.37. The summed E-state index contributed by atoms with van der Waals surface area (Å²) in [6.45, 7) is 4.17. The van der Waals surface area contributed by atoms with Gasteiger partial charge in [0.05, 0.1) is 36.4 Å². The first-order valence-corrected chi connectivity index (χ1v) is 16.8. The zero-order chi connectivity index (χ0) is 33.7. The van der Waals surface area contributed by atoms with Crippen molar-refractivity contribution in [2.75, 3.05) is 29.9 Å². The van der Waals surface area contributed by atoms with Gasteiger partial charge in [-0.15, -0.1) is 5.10 Å². The summed E-state index contributed by atoms with van der Waals surface area (Å²) in [4.78, 5) is 28.2. The number of anilines is 2. The minimum atomic E-state index is -1.80. The van der Waals surface area contributed by atoms with Crippen LogP contribution in [0.3, 0.4) is 0 Å². The Balaban J connectivity index is 1.11. The minimum Gasteiger partial charge on any atom is -0.395 e. The quantitative estimate of drug-likeness (QED) is 0.156. The highest BCUT2D eigenvalue weighted by Crippen LogP contribution is 2.46. The predicted molar refractivity (Wildman–Crippen MR) is 186 cm³/mol. The molecule has 2 aliphatic heterocycles. The van der Waals surface area contributed by atoms with Gasteiger partial charge in [-0.25, -0.2) is 0 Å². The highest BCUT2D eigenvalue weighted by Gasteiger charge is 2.52. The van der Waals surface area contributed by atoms with E-state index < -0.39 is 17.4 Å². The third kappa shape index (κ3) is 7.07. The average Bonchev–Trinajstić information content (AvgIpc) is 3.66. The summed E-state index contributed by atoms with van der Waals surface area (Å²) >= 11 is 6.37. The van der Waals surface area contributed by atoms with Crippen LogP contribution in [0.2, 0.25) is 5.02 Å². The van der Waals surface area contributed by atoms with Crippen molar-refractivity contribution in [3.05, 3.63) is 119 Å². The Hall–Kier alpha value is -4.35. The van der Waals surface area contributed by atoms with Crippen LogP contribution < -0.4 is 15.5 Å². The lowest BCUT2D eigenvalue weighted by molar-refractivity contribution is -0.139. The zero-order valence-electron chi connectivity index (χ0n) is 26.9. The van der Waals surface area contributed by atoms with E-state index in [9.17, 15) is 19.8 Å². The Morgan fingerprint density at radius 2 is 1.96 bits per heavy atom. The number of aryl methyl sites for hydroxylation is 1. The van der Waals surface area contributed by atoms with Crippen LogP contribution in [0.5, 0.6) is 0 Å². The molecule has 11 heteroatoms. The maximum atomic E-state index is 14.0. The summed E-state index contributed by atoms with van der Waals surface area (Å²) in [6.07, 6.45) is 8.07. The Kier molecular flexibility index (Phi) is 10.4. The molecule has 4 N–H and O–H groups in total. The number of hydrogen-bond acceptors (Lipinski definition) is 7. The number of fused-ring (bicyclic) bond motifs is 1. The van der Waals surface area contributed by atoms with E-state index in [0.717, 1.165) is 30.5 Å². The number of carbonyl (C=O) groups excluding carboxylic acids is 2. The van der Waals surface area contributed by atoms with Gasteiger partial charge < -0.3 is 25.7 Å². The molecule has 2 amide bonds. The van der Waals surface area contributed by atoms with Gasteiger partial charge in [0.15, 0.2) is 5.60 Å². The molecule has 3 heterocycles. The van der Waals surface area contributed by atoms with Gasteiger partial charge in [0, 0.05) is 41.5 Å². The van der Waals surface area contributed by atoms with Gasteiger partial charge in [-0.1, -0.05) is 78.4 Å². The van der Waals surface area contributed by atoms with Crippen LogP contribution in [0.1, 0.15) is 54.5 Å². The van der Waals surface area contributed by atoms with Crippen molar-refractivity contribution in [1.29, 1.82) is 0 Å². The van der Waals surface area contributed by atoms with E-state index in [0.29, 0.717) is 47.2 Å². The Morgan fingerprint density at radius 1 is 1.17 bits per heavy atom. The van der Waals surface area contributed by atoms with Crippen LogP contribution in [0, 0.1) is 11.8 Å². The van der Waals surface area contributed by atoms with Crippen molar-refractivity contribution < 1.29 is 19.8 Å². The maximum Gasteiger partial charge on any atom is 0.264 e. The number of aromatic nitrogens is 3. The number of aliphatic hydroxyl groups is 2. The number of allylic oxidation sites excluding steroid dienone is 1. The van der Waals surface area contributed by atoms with E-state index in [-0.39, 0.29) is 30.9 Å². The molecule has 3 aromatic carbocycles. The summed E-state index contributed by atoms with van der Waals surface area (Å²) in [5.74, 6) is -1.27. The fraction of sp³-hybridized carbons (Fsp3) is 0.351. The van der Waals surface area contributed by atoms with Crippen LogP contribution in [-0.2, 0) is 28.3 Å². The molecule has 2 unspecified atom stereocenters. The van der Waals surface area contributed by atoms with E-state index in [2.05, 4.69) is 20.9 Å². The van der Waals surface area contributed by atoms with Crippen molar-refractivity contribution in [2.45, 2.75) is 50.8 Å². The summed E-state index contributed by atoms with van der Waals surface area (Å²) in [7, 11) is 0. The molecule has 0 spiro atoms. The van der Waals surface area contributed by atoms with Gasteiger partial charge >= 0.3 is 0 Å². The first kappa shape index (κ1) is 33.5. The topological polar surface area (TPSA) is 133 Å². The second kappa shape index (κ2) is 14.8. The summed E-state index contributed by atoms with van der Waals surface area (Å²) in [5, 5.41) is 37.2. The van der Waals surface area contributed by atoms with Crippen LogP contribution in [0.4, 0.5) is 11.4 Å². The number of aliphatic hydroxyl groups excluding tert-OH is 1. The van der Waals surface area contributed by atoms with Crippen molar-refractivity contribution in [2.24, 2.45) is 11.8 Å². The van der Waals surface area contributed by atoms with Crippen molar-refractivity contribution >= 4 is 34.8 Å². The second-order valence-electron chi connectivity index (χ2n) is 12.6. The van der Waals surface area contributed by atoms with E-state index >= 15 is 0 Å². The molecule has 0 radical (unpaired) electrons. The molecule has 0 saturated carbocycles. The number of rotatable bonds is 12. The smallest absolute Gasteiger partial charge is 0.264 e.